The molecule has 2 aliphatic carbocycles. The molecule has 2 fully saturated rings. The molecular formula is C14H18FeO2+2. The average Bonchev–Trinajstić information content (AvgIpc) is 2.92. The number of hydrogen-bond acceptors (Lipinski definition) is 2. The summed E-state index contributed by atoms with van der Waals surface area (Å²) < 4.78 is 9.77. The van der Waals surface area contributed by atoms with Gasteiger partial charge < -0.3 is 9.47 Å². The first kappa shape index (κ1) is 17.4. The van der Waals surface area contributed by atoms with Gasteiger partial charge in [-0.05, 0) is 51.4 Å². The summed E-state index contributed by atoms with van der Waals surface area (Å²) in [5.74, 6) is 2.49. The van der Waals surface area contributed by atoms with Crippen LogP contribution >= 0.6 is 0 Å². The average molecular weight is 274 g/mol. The fourth-order valence-electron chi connectivity index (χ4n) is 1.35. The second kappa shape index (κ2) is 11.5. The van der Waals surface area contributed by atoms with Crippen LogP contribution < -0.4 is 0 Å². The van der Waals surface area contributed by atoms with E-state index in [9.17, 15) is 0 Å². The van der Waals surface area contributed by atoms with Gasteiger partial charge in [-0.25, -0.2) is 0 Å². The molecule has 0 bridgehead atoms. The molecular weight excluding hydrogens is 256 g/mol. The number of rotatable bonds is 4. The molecule has 0 aromatic heterocycles. The topological polar surface area (TPSA) is 18.5 Å². The van der Waals surface area contributed by atoms with Gasteiger partial charge in [-0.3, -0.25) is 0 Å². The van der Waals surface area contributed by atoms with E-state index >= 15 is 0 Å². The van der Waals surface area contributed by atoms with Gasteiger partial charge in [0.05, 0.1) is 13.2 Å². The van der Waals surface area contributed by atoms with Crippen molar-refractivity contribution in [1.82, 2.24) is 0 Å². The molecule has 2 saturated carbocycles. The van der Waals surface area contributed by atoms with Gasteiger partial charge in [0, 0.05) is 26.1 Å². The maximum atomic E-state index is 4.89. The molecule has 0 aromatic rings. The summed E-state index contributed by atoms with van der Waals surface area (Å²) >= 11 is 0. The Hall–Kier alpha value is 0.439. The van der Waals surface area contributed by atoms with Crippen molar-refractivity contribution in [3.8, 4) is 0 Å². The van der Waals surface area contributed by atoms with E-state index in [1.54, 1.807) is 14.2 Å². The SMILES string of the molecule is COC[C]1[CH][CH][CH][CH]1.COC[C]1[CH][CH][CH][CH]1.[Fe+2]. The second-order valence-corrected chi connectivity index (χ2v) is 3.45. The van der Waals surface area contributed by atoms with E-state index in [0.29, 0.717) is 0 Å². The molecule has 2 aliphatic rings. The van der Waals surface area contributed by atoms with Gasteiger partial charge in [-0.1, -0.05) is 0 Å². The van der Waals surface area contributed by atoms with Crippen molar-refractivity contribution >= 4 is 0 Å². The third-order valence-corrected chi connectivity index (χ3v) is 2.09. The van der Waals surface area contributed by atoms with Crippen LogP contribution in [0, 0.1) is 63.2 Å². The van der Waals surface area contributed by atoms with Gasteiger partial charge in [0.2, 0.25) is 0 Å². The van der Waals surface area contributed by atoms with Crippen LogP contribution in [0.15, 0.2) is 0 Å². The standard InChI is InChI=1S/2C7H9O.Fe/c2*1-8-6-7-4-2-3-5-7;/h2*2-5H,6H2,1H3;/q;;+2. The van der Waals surface area contributed by atoms with Gasteiger partial charge >= 0.3 is 17.1 Å². The Labute approximate surface area is 117 Å². The van der Waals surface area contributed by atoms with Gasteiger partial charge in [0.15, 0.2) is 0 Å². The first-order valence-corrected chi connectivity index (χ1v) is 5.26. The van der Waals surface area contributed by atoms with Crippen LogP contribution in [-0.2, 0) is 26.5 Å². The summed E-state index contributed by atoms with van der Waals surface area (Å²) in [6.45, 7) is 1.46. The Morgan fingerprint density at radius 2 is 1.00 bits per heavy atom. The molecule has 0 spiro atoms. The van der Waals surface area contributed by atoms with Gasteiger partial charge in [0.1, 0.15) is 0 Å². The fourth-order valence-corrected chi connectivity index (χ4v) is 1.35. The van der Waals surface area contributed by atoms with Crippen LogP contribution in [-0.4, -0.2) is 27.4 Å². The Kier molecular flexibility index (Phi) is 11.8. The maximum absolute atomic E-state index is 4.89. The van der Waals surface area contributed by atoms with Crippen molar-refractivity contribution < 1.29 is 26.5 Å². The minimum atomic E-state index is 0. The summed E-state index contributed by atoms with van der Waals surface area (Å²) in [5, 5.41) is 0. The molecule has 2 nitrogen and oxygen atoms in total. The quantitative estimate of drug-likeness (QED) is 0.731. The largest absolute Gasteiger partial charge is 2.00 e. The molecule has 2 rings (SSSR count). The Morgan fingerprint density at radius 1 is 0.706 bits per heavy atom. The number of hydrogen-bond donors (Lipinski definition) is 0. The Morgan fingerprint density at radius 3 is 1.24 bits per heavy atom. The molecule has 0 aliphatic heterocycles. The molecule has 10 radical (unpaired) electrons. The molecule has 17 heavy (non-hydrogen) atoms. The van der Waals surface area contributed by atoms with Crippen molar-refractivity contribution in [2.24, 2.45) is 0 Å². The molecule has 0 unspecified atom stereocenters. The summed E-state index contributed by atoms with van der Waals surface area (Å²) in [6.07, 6.45) is 16.2. The first-order chi connectivity index (χ1) is 7.86. The monoisotopic (exact) mass is 274 g/mol. The van der Waals surface area contributed by atoms with Crippen LogP contribution in [0.5, 0.6) is 0 Å². The van der Waals surface area contributed by atoms with Crippen molar-refractivity contribution in [3.05, 3.63) is 63.2 Å². The molecule has 0 aromatic carbocycles. The Bertz CT molecular complexity index is 134. The summed E-state index contributed by atoms with van der Waals surface area (Å²) in [6, 6.07) is 0. The number of ether oxygens (including phenoxy) is 2. The molecule has 0 N–H and O–H groups in total. The van der Waals surface area contributed by atoms with Crippen molar-refractivity contribution in [3.63, 3.8) is 0 Å². The van der Waals surface area contributed by atoms with Gasteiger partial charge in [-0.2, -0.15) is 0 Å². The van der Waals surface area contributed by atoms with E-state index in [-0.39, 0.29) is 17.1 Å². The van der Waals surface area contributed by atoms with Crippen molar-refractivity contribution in [2.75, 3.05) is 27.4 Å². The maximum Gasteiger partial charge on any atom is 2.00 e. The molecule has 3 heteroatoms. The smallest absolute Gasteiger partial charge is 0.384 e. The molecule has 92 valence electrons. The minimum absolute atomic E-state index is 0. The van der Waals surface area contributed by atoms with Gasteiger partial charge in [0.25, 0.3) is 0 Å². The van der Waals surface area contributed by atoms with Crippen LogP contribution in [0.3, 0.4) is 0 Å². The van der Waals surface area contributed by atoms with E-state index in [1.807, 2.05) is 51.4 Å². The molecule has 0 amide bonds. The molecule has 0 atom stereocenters. The fraction of sp³-hybridized carbons (Fsp3) is 0.286. The van der Waals surface area contributed by atoms with Crippen LogP contribution in [0.1, 0.15) is 0 Å². The molecule has 0 heterocycles. The minimum Gasteiger partial charge on any atom is -0.384 e. The first-order valence-electron chi connectivity index (χ1n) is 5.26. The predicted molar refractivity (Wildman–Crippen MR) is 64.6 cm³/mol. The predicted octanol–water partition coefficient (Wildman–Crippen LogP) is 2.07. The van der Waals surface area contributed by atoms with Gasteiger partial charge in [-0.15, -0.1) is 0 Å². The number of methoxy groups -OCH3 is 2. The molecule has 0 saturated heterocycles. The van der Waals surface area contributed by atoms with Crippen molar-refractivity contribution in [1.29, 1.82) is 0 Å². The third-order valence-electron chi connectivity index (χ3n) is 2.09. The summed E-state index contributed by atoms with van der Waals surface area (Å²) in [7, 11) is 3.40. The van der Waals surface area contributed by atoms with Crippen LogP contribution in [0.2, 0.25) is 0 Å². The van der Waals surface area contributed by atoms with E-state index in [0.717, 1.165) is 13.2 Å². The van der Waals surface area contributed by atoms with E-state index < -0.39 is 0 Å². The van der Waals surface area contributed by atoms with Crippen molar-refractivity contribution in [2.45, 2.75) is 0 Å². The van der Waals surface area contributed by atoms with E-state index in [4.69, 9.17) is 9.47 Å². The summed E-state index contributed by atoms with van der Waals surface area (Å²) in [5.41, 5.74) is 0. The zero-order chi connectivity index (χ0) is 11.6. The second-order valence-electron chi connectivity index (χ2n) is 3.45. The van der Waals surface area contributed by atoms with Crippen LogP contribution in [0.4, 0.5) is 0 Å². The zero-order valence-corrected chi connectivity index (χ0v) is 11.3. The van der Waals surface area contributed by atoms with Crippen LogP contribution in [0.25, 0.3) is 0 Å². The van der Waals surface area contributed by atoms with E-state index in [1.165, 1.54) is 11.8 Å². The Balaban J connectivity index is 0.000000284. The third kappa shape index (κ3) is 8.20. The zero-order valence-electron chi connectivity index (χ0n) is 10.2. The summed E-state index contributed by atoms with van der Waals surface area (Å²) in [4.78, 5) is 0. The normalized spacial score (nSPS) is 20.8. The van der Waals surface area contributed by atoms with E-state index in [2.05, 4.69) is 0 Å².